The van der Waals surface area contributed by atoms with Crippen LogP contribution in [0.25, 0.3) is 11.4 Å². The van der Waals surface area contributed by atoms with E-state index in [9.17, 15) is 9.50 Å². The van der Waals surface area contributed by atoms with Gasteiger partial charge in [0.25, 0.3) is 0 Å². The standard InChI is InChI=1S/C16H14FN5OS/c1-9(23)14-4-11(17)7-19-16(14)15-10(8-24-21-15)3-13-5-12(6-18)20-22(13)2/h4-5,7-9,23H,3H2,1-2H3. The van der Waals surface area contributed by atoms with Gasteiger partial charge >= 0.3 is 0 Å². The number of nitriles is 1. The van der Waals surface area contributed by atoms with Crippen LogP contribution in [0.15, 0.2) is 23.7 Å². The van der Waals surface area contributed by atoms with E-state index < -0.39 is 11.9 Å². The molecule has 0 bridgehead atoms. The largest absolute Gasteiger partial charge is 0.389 e. The second-order valence-electron chi connectivity index (χ2n) is 5.39. The third kappa shape index (κ3) is 3.04. The minimum atomic E-state index is -0.861. The monoisotopic (exact) mass is 343 g/mol. The van der Waals surface area contributed by atoms with Crippen molar-refractivity contribution in [1.29, 1.82) is 5.26 Å². The molecule has 3 aromatic heterocycles. The number of rotatable bonds is 4. The number of halogens is 1. The van der Waals surface area contributed by atoms with Crippen LogP contribution in [0.1, 0.15) is 35.5 Å². The average Bonchev–Trinajstić information content (AvgIpc) is 3.14. The van der Waals surface area contributed by atoms with Gasteiger partial charge in [-0.3, -0.25) is 9.67 Å². The second kappa shape index (κ2) is 6.47. The molecule has 0 aromatic carbocycles. The molecule has 3 aromatic rings. The van der Waals surface area contributed by atoms with Gasteiger partial charge in [-0.2, -0.15) is 14.7 Å². The molecule has 0 amide bonds. The van der Waals surface area contributed by atoms with Crippen molar-refractivity contribution in [3.8, 4) is 17.5 Å². The summed E-state index contributed by atoms with van der Waals surface area (Å²) in [5.74, 6) is -0.503. The first-order valence-electron chi connectivity index (χ1n) is 7.19. The summed E-state index contributed by atoms with van der Waals surface area (Å²) < 4.78 is 19.5. The molecular formula is C16H14FN5OS. The molecule has 6 nitrogen and oxygen atoms in total. The molecule has 1 unspecified atom stereocenters. The van der Waals surface area contributed by atoms with E-state index in [4.69, 9.17) is 5.26 Å². The highest BCUT2D eigenvalue weighted by atomic mass is 32.1. The zero-order valence-corrected chi connectivity index (χ0v) is 13.9. The Hall–Kier alpha value is -2.63. The lowest BCUT2D eigenvalue weighted by molar-refractivity contribution is 0.199. The van der Waals surface area contributed by atoms with Crippen LogP contribution in [-0.2, 0) is 13.5 Å². The number of pyridine rings is 1. The van der Waals surface area contributed by atoms with Crippen LogP contribution in [0.3, 0.4) is 0 Å². The van der Waals surface area contributed by atoms with E-state index in [-0.39, 0.29) is 0 Å². The van der Waals surface area contributed by atoms with Crippen LogP contribution < -0.4 is 0 Å². The van der Waals surface area contributed by atoms with E-state index in [1.807, 2.05) is 11.4 Å². The SMILES string of the molecule is CC(O)c1cc(F)cnc1-c1nscc1Cc1cc(C#N)nn1C. The summed E-state index contributed by atoms with van der Waals surface area (Å²) in [5, 5.41) is 24.8. The first-order valence-corrected chi connectivity index (χ1v) is 8.03. The number of nitrogens with zero attached hydrogens (tertiary/aromatic N) is 5. The Morgan fingerprint density at radius 3 is 2.88 bits per heavy atom. The van der Waals surface area contributed by atoms with E-state index in [1.165, 1.54) is 17.6 Å². The molecule has 3 rings (SSSR count). The predicted molar refractivity (Wildman–Crippen MR) is 86.7 cm³/mol. The van der Waals surface area contributed by atoms with Gasteiger partial charge in [0.15, 0.2) is 5.69 Å². The molecule has 24 heavy (non-hydrogen) atoms. The van der Waals surface area contributed by atoms with Crippen molar-refractivity contribution in [2.75, 3.05) is 0 Å². The van der Waals surface area contributed by atoms with Crippen molar-refractivity contribution in [3.63, 3.8) is 0 Å². The molecular weight excluding hydrogens is 329 g/mol. The maximum absolute atomic E-state index is 13.5. The maximum atomic E-state index is 13.5. The lowest BCUT2D eigenvalue weighted by Gasteiger charge is -2.11. The summed E-state index contributed by atoms with van der Waals surface area (Å²) in [5.41, 5.74) is 3.55. The van der Waals surface area contributed by atoms with Crippen LogP contribution >= 0.6 is 11.5 Å². The summed E-state index contributed by atoms with van der Waals surface area (Å²) in [6.07, 6.45) is 0.761. The second-order valence-corrected chi connectivity index (χ2v) is 6.02. The quantitative estimate of drug-likeness (QED) is 0.787. The van der Waals surface area contributed by atoms with Crippen molar-refractivity contribution < 1.29 is 9.50 Å². The number of hydrogen-bond acceptors (Lipinski definition) is 6. The molecule has 0 saturated heterocycles. The van der Waals surface area contributed by atoms with Gasteiger partial charge < -0.3 is 5.11 Å². The minimum absolute atomic E-state index is 0.349. The Labute approximate surface area is 142 Å². The number of aliphatic hydroxyl groups excluding tert-OH is 1. The lowest BCUT2D eigenvalue weighted by atomic mass is 10.0. The predicted octanol–water partition coefficient (Wildman–Crippen LogP) is 2.59. The average molecular weight is 343 g/mol. The summed E-state index contributed by atoms with van der Waals surface area (Å²) >= 11 is 1.26. The van der Waals surface area contributed by atoms with Crippen LogP contribution in [0, 0.1) is 17.1 Å². The van der Waals surface area contributed by atoms with E-state index in [0.29, 0.717) is 29.1 Å². The van der Waals surface area contributed by atoms with Gasteiger partial charge in [-0.25, -0.2) is 4.39 Å². The minimum Gasteiger partial charge on any atom is -0.389 e. The molecule has 3 heterocycles. The number of aryl methyl sites for hydroxylation is 1. The van der Waals surface area contributed by atoms with Crippen molar-refractivity contribution in [3.05, 3.63) is 52.0 Å². The number of aliphatic hydroxyl groups is 1. The molecule has 0 saturated carbocycles. The van der Waals surface area contributed by atoms with Crippen LogP contribution in [0.2, 0.25) is 0 Å². The van der Waals surface area contributed by atoms with Gasteiger partial charge in [0.1, 0.15) is 17.6 Å². The van der Waals surface area contributed by atoms with Crippen LogP contribution in [-0.4, -0.2) is 24.2 Å². The topological polar surface area (TPSA) is 87.6 Å². The molecule has 0 radical (unpaired) electrons. The first kappa shape index (κ1) is 16.2. The van der Waals surface area contributed by atoms with Gasteiger partial charge in [0.05, 0.1) is 18.0 Å². The smallest absolute Gasteiger partial charge is 0.162 e. The van der Waals surface area contributed by atoms with Crippen molar-refractivity contribution in [2.45, 2.75) is 19.4 Å². The van der Waals surface area contributed by atoms with Gasteiger partial charge in [-0.05, 0) is 36.2 Å². The maximum Gasteiger partial charge on any atom is 0.162 e. The van der Waals surface area contributed by atoms with Crippen LogP contribution in [0.4, 0.5) is 4.39 Å². The fraction of sp³-hybridized carbons (Fsp3) is 0.250. The Morgan fingerprint density at radius 1 is 1.42 bits per heavy atom. The molecule has 8 heteroatoms. The van der Waals surface area contributed by atoms with Gasteiger partial charge in [0.2, 0.25) is 0 Å². The lowest BCUT2D eigenvalue weighted by Crippen LogP contribution is -2.03. The molecule has 1 N–H and O–H groups in total. The summed E-state index contributed by atoms with van der Waals surface area (Å²) in [7, 11) is 1.77. The van der Waals surface area contributed by atoms with E-state index in [1.54, 1.807) is 24.7 Å². The molecule has 1 atom stereocenters. The molecule has 0 aliphatic rings. The Balaban J connectivity index is 2.03. The first-order chi connectivity index (χ1) is 11.5. The summed E-state index contributed by atoms with van der Waals surface area (Å²) in [6.45, 7) is 1.56. The fourth-order valence-corrected chi connectivity index (χ4v) is 3.15. The molecule has 0 spiro atoms. The Kier molecular flexibility index (Phi) is 4.38. The van der Waals surface area contributed by atoms with Crippen molar-refractivity contribution in [2.24, 2.45) is 7.05 Å². The van der Waals surface area contributed by atoms with Gasteiger partial charge in [0, 0.05) is 30.1 Å². The van der Waals surface area contributed by atoms with Gasteiger partial charge in [-0.15, -0.1) is 0 Å². The Morgan fingerprint density at radius 2 is 2.21 bits per heavy atom. The van der Waals surface area contributed by atoms with Crippen molar-refractivity contribution in [1.82, 2.24) is 19.1 Å². The van der Waals surface area contributed by atoms with Gasteiger partial charge in [-0.1, -0.05) is 0 Å². The third-order valence-corrected chi connectivity index (χ3v) is 4.34. The van der Waals surface area contributed by atoms with E-state index in [0.717, 1.165) is 17.5 Å². The normalized spacial score (nSPS) is 12.1. The molecule has 0 fully saturated rings. The zero-order valence-electron chi connectivity index (χ0n) is 13.1. The van der Waals surface area contributed by atoms with E-state index in [2.05, 4.69) is 14.5 Å². The summed E-state index contributed by atoms with van der Waals surface area (Å²) in [4.78, 5) is 4.12. The van der Waals surface area contributed by atoms with E-state index >= 15 is 0 Å². The fourth-order valence-electron chi connectivity index (χ4n) is 2.47. The molecule has 0 aliphatic carbocycles. The zero-order chi connectivity index (χ0) is 17.3. The highest BCUT2D eigenvalue weighted by Gasteiger charge is 2.19. The number of hydrogen-bond donors (Lipinski definition) is 1. The highest BCUT2D eigenvalue weighted by molar-refractivity contribution is 7.04. The number of aromatic nitrogens is 4. The van der Waals surface area contributed by atoms with Crippen LogP contribution in [0.5, 0.6) is 0 Å². The summed E-state index contributed by atoms with van der Waals surface area (Å²) in [6, 6.07) is 5.00. The highest BCUT2D eigenvalue weighted by Crippen LogP contribution is 2.30. The molecule has 0 aliphatic heterocycles. The molecule has 122 valence electrons. The Bertz CT molecular complexity index is 925. The third-order valence-electron chi connectivity index (χ3n) is 3.66. The van der Waals surface area contributed by atoms with Crippen molar-refractivity contribution >= 4 is 11.5 Å².